The third-order valence-corrected chi connectivity index (χ3v) is 13.2. The fourth-order valence-electron chi connectivity index (χ4n) is 8.53. The van der Waals surface area contributed by atoms with Crippen LogP contribution >= 0.6 is 0 Å². The fourth-order valence-corrected chi connectivity index (χ4v) is 9.89. The number of hydrogen-bond donors (Lipinski definition) is 2. The van der Waals surface area contributed by atoms with Crippen LogP contribution in [0, 0.1) is 23.7 Å². The number of sulfonamides is 1. The number of aromatic nitrogens is 1. The number of pyridine rings is 1. The van der Waals surface area contributed by atoms with E-state index in [0.29, 0.717) is 64.2 Å². The predicted molar refractivity (Wildman–Crippen MR) is 197 cm³/mol. The van der Waals surface area contributed by atoms with Crippen molar-refractivity contribution in [3.63, 3.8) is 0 Å². The SMILES string of the molecule is COc1cc(CN2C[C@H]3CN4C(=O)[C@H](CC(=O)OC(C)(C)C)CCCC/C=C\[C@@H]5C[C@@]5(C(=O)NS(=O)(=O)C5CC5)NC(=O)[C@@H]4[C@H]3C2)c2ccccc2n1. The molecule has 13 nitrogen and oxygen atoms in total. The number of amides is 3. The summed E-state index contributed by atoms with van der Waals surface area (Å²) >= 11 is 0. The van der Waals surface area contributed by atoms with Gasteiger partial charge in [-0.2, -0.15) is 0 Å². The molecule has 286 valence electrons. The molecule has 14 heteroatoms. The zero-order valence-corrected chi connectivity index (χ0v) is 31.8. The minimum Gasteiger partial charge on any atom is -0.481 e. The molecule has 1 aromatic carbocycles. The van der Waals surface area contributed by atoms with Gasteiger partial charge in [-0.3, -0.25) is 28.8 Å². The van der Waals surface area contributed by atoms with Crippen LogP contribution in [0.25, 0.3) is 10.9 Å². The van der Waals surface area contributed by atoms with Crippen molar-refractivity contribution in [2.75, 3.05) is 26.7 Å². The molecule has 53 heavy (non-hydrogen) atoms. The molecule has 4 fully saturated rings. The first-order chi connectivity index (χ1) is 25.2. The molecule has 0 radical (unpaired) electrons. The second-order valence-electron chi connectivity index (χ2n) is 16.5. The van der Waals surface area contributed by atoms with Gasteiger partial charge in [-0.25, -0.2) is 13.4 Å². The number of ether oxygens (including phenoxy) is 2. The lowest BCUT2D eigenvalue weighted by atomic mass is 9.92. The molecule has 0 unspecified atom stereocenters. The van der Waals surface area contributed by atoms with E-state index >= 15 is 0 Å². The van der Waals surface area contributed by atoms with Crippen molar-refractivity contribution < 1.29 is 37.1 Å². The molecule has 2 aromatic rings. The van der Waals surface area contributed by atoms with Crippen molar-refractivity contribution in [1.29, 1.82) is 0 Å². The lowest BCUT2D eigenvalue weighted by Crippen LogP contribution is -2.58. The third kappa shape index (κ3) is 7.94. The molecular weight excluding hydrogens is 699 g/mol. The quantitative estimate of drug-likeness (QED) is 0.302. The number of methoxy groups -OCH3 is 1. The Bertz CT molecular complexity index is 1920. The number of nitrogens with one attached hydrogen (secondary N) is 2. The first-order valence-corrected chi connectivity index (χ1v) is 20.4. The molecule has 6 atom stereocenters. The molecule has 2 saturated carbocycles. The number of likely N-dealkylation sites (tertiary alicyclic amines) is 1. The van der Waals surface area contributed by atoms with Gasteiger partial charge >= 0.3 is 5.97 Å². The fraction of sp³-hybridized carbons (Fsp3) is 0.615. The molecule has 2 aliphatic carbocycles. The topological polar surface area (TPSA) is 164 Å². The standard InChI is InChI=1S/C39H51N5O8S/c1-38(2,3)52-33(45)18-24-11-7-5-6-8-12-27-19-39(27,37(48)42-53(49,50)28-15-16-28)41-35(46)34-30-23-43(21-26(30)22-44(34)36(24)47)20-25-17-32(51-4)40-31-14-10-9-13-29(25)31/h8-10,12-14,17,24,26-28,30,34H,5-7,11,15-16,18-23H2,1-4H3,(H,41,46)(H,42,48)/b12-8-/t24-,26-,27+,30-,34-,39+/m0/s1. The Balaban J connectivity index is 1.18. The van der Waals surface area contributed by atoms with Crippen LogP contribution in [0.2, 0.25) is 0 Å². The van der Waals surface area contributed by atoms with Crippen molar-refractivity contribution in [3.8, 4) is 5.88 Å². The van der Waals surface area contributed by atoms with E-state index in [-0.39, 0.29) is 36.5 Å². The summed E-state index contributed by atoms with van der Waals surface area (Å²) < 4.78 is 39.2. The number of benzene rings is 1. The molecule has 2 N–H and O–H groups in total. The molecule has 0 bridgehead atoms. The number of hydrogen-bond acceptors (Lipinski definition) is 10. The van der Waals surface area contributed by atoms with E-state index in [2.05, 4.69) is 19.9 Å². The molecule has 0 spiro atoms. The van der Waals surface area contributed by atoms with Gasteiger partial charge in [0, 0.05) is 55.4 Å². The van der Waals surface area contributed by atoms with Crippen molar-refractivity contribution in [1.82, 2.24) is 24.8 Å². The van der Waals surface area contributed by atoms with Crippen LogP contribution in [-0.2, 0) is 40.5 Å². The average molecular weight is 750 g/mol. The van der Waals surface area contributed by atoms with Crippen molar-refractivity contribution in [3.05, 3.63) is 48.0 Å². The summed E-state index contributed by atoms with van der Waals surface area (Å²) in [5, 5.41) is 3.41. The number of carbonyl (C=O) groups excluding carboxylic acids is 4. The van der Waals surface area contributed by atoms with Gasteiger partial charge in [0.25, 0.3) is 5.91 Å². The van der Waals surface area contributed by atoms with Gasteiger partial charge in [-0.1, -0.05) is 36.8 Å². The van der Waals surface area contributed by atoms with Gasteiger partial charge in [0.05, 0.1) is 24.3 Å². The number of esters is 1. The van der Waals surface area contributed by atoms with Crippen LogP contribution in [0.4, 0.5) is 0 Å². The van der Waals surface area contributed by atoms with Crippen LogP contribution < -0.4 is 14.8 Å². The van der Waals surface area contributed by atoms with Crippen LogP contribution in [0.3, 0.4) is 0 Å². The maximum absolute atomic E-state index is 14.7. The molecule has 4 heterocycles. The summed E-state index contributed by atoms with van der Waals surface area (Å²) in [6, 6.07) is 8.89. The van der Waals surface area contributed by atoms with E-state index in [1.165, 1.54) is 0 Å². The first-order valence-electron chi connectivity index (χ1n) is 18.9. The van der Waals surface area contributed by atoms with Crippen LogP contribution in [0.1, 0.15) is 77.7 Å². The van der Waals surface area contributed by atoms with E-state index in [4.69, 9.17) is 9.47 Å². The Morgan fingerprint density at radius 3 is 2.58 bits per heavy atom. The second kappa shape index (κ2) is 14.3. The lowest BCUT2D eigenvalue weighted by Gasteiger charge is -2.33. The Kier molecular flexibility index (Phi) is 10.1. The van der Waals surface area contributed by atoms with Gasteiger partial charge in [0.2, 0.25) is 27.7 Å². The van der Waals surface area contributed by atoms with Gasteiger partial charge < -0.3 is 19.7 Å². The molecule has 1 aromatic heterocycles. The number of rotatable bonds is 8. The Hall–Kier alpha value is -4.04. The highest BCUT2D eigenvalue weighted by Gasteiger charge is 2.63. The van der Waals surface area contributed by atoms with Crippen LogP contribution in [-0.4, -0.2) is 96.1 Å². The summed E-state index contributed by atoms with van der Waals surface area (Å²) in [4.78, 5) is 64.6. The van der Waals surface area contributed by atoms with Crippen molar-refractivity contribution in [2.24, 2.45) is 23.7 Å². The summed E-state index contributed by atoms with van der Waals surface area (Å²) in [5.74, 6) is -2.78. The molecule has 2 saturated heterocycles. The molecule has 3 aliphatic heterocycles. The third-order valence-electron chi connectivity index (χ3n) is 11.4. The first kappa shape index (κ1) is 37.3. The van der Waals surface area contributed by atoms with Crippen molar-refractivity contribution >= 4 is 44.6 Å². The zero-order valence-electron chi connectivity index (χ0n) is 31.0. The lowest BCUT2D eigenvalue weighted by molar-refractivity contribution is -0.159. The number of allylic oxidation sites excluding steroid dienone is 1. The number of nitrogens with zero attached hydrogens (tertiary/aromatic N) is 3. The minimum absolute atomic E-state index is 0.0440. The zero-order chi connectivity index (χ0) is 37.7. The number of fused-ring (bicyclic) bond motifs is 5. The molecular formula is C39H51N5O8S. The molecule has 3 amide bonds. The average Bonchev–Trinajstić information content (AvgIpc) is 3.99. The number of para-hydroxylation sites is 1. The maximum atomic E-state index is 14.7. The summed E-state index contributed by atoms with van der Waals surface area (Å²) in [5.41, 5.74) is -0.295. The van der Waals surface area contributed by atoms with Gasteiger partial charge in [-0.05, 0) is 76.8 Å². The second-order valence-corrected chi connectivity index (χ2v) is 18.5. The highest BCUT2D eigenvalue weighted by Crippen LogP contribution is 2.47. The van der Waals surface area contributed by atoms with E-state index in [1.54, 1.807) is 32.8 Å². The monoisotopic (exact) mass is 749 g/mol. The highest BCUT2D eigenvalue weighted by molar-refractivity contribution is 7.91. The van der Waals surface area contributed by atoms with Gasteiger partial charge in [-0.15, -0.1) is 0 Å². The molecule has 5 aliphatic rings. The van der Waals surface area contributed by atoms with E-state index in [1.807, 2.05) is 42.5 Å². The van der Waals surface area contributed by atoms with Crippen LogP contribution in [0.5, 0.6) is 5.88 Å². The van der Waals surface area contributed by atoms with E-state index < -0.39 is 56.2 Å². The normalized spacial score (nSPS) is 30.0. The summed E-state index contributed by atoms with van der Waals surface area (Å²) in [7, 11) is -2.27. The van der Waals surface area contributed by atoms with Gasteiger partial charge in [0.15, 0.2) is 0 Å². The van der Waals surface area contributed by atoms with Gasteiger partial charge in [0.1, 0.15) is 17.2 Å². The minimum atomic E-state index is -3.86. The highest BCUT2D eigenvalue weighted by atomic mass is 32.2. The van der Waals surface area contributed by atoms with E-state index in [0.717, 1.165) is 22.9 Å². The Labute approximate surface area is 311 Å². The smallest absolute Gasteiger partial charge is 0.307 e. The Morgan fingerprint density at radius 1 is 1.08 bits per heavy atom. The maximum Gasteiger partial charge on any atom is 0.307 e. The number of carbonyl (C=O) groups is 4. The Morgan fingerprint density at radius 2 is 1.85 bits per heavy atom. The summed E-state index contributed by atoms with van der Waals surface area (Å²) in [6.07, 6.45) is 7.64. The summed E-state index contributed by atoms with van der Waals surface area (Å²) in [6.45, 7) is 7.41. The van der Waals surface area contributed by atoms with E-state index in [9.17, 15) is 27.6 Å². The molecule has 7 rings (SSSR count). The largest absolute Gasteiger partial charge is 0.481 e. The van der Waals surface area contributed by atoms with Crippen LogP contribution in [0.15, 0.2) is 42.5 Å². The van der Waals surface area contributed by atoms with Crippen molar-refractivity contribution in [2.45, 2.75) is 101 Å². The predicted octanol–water partition coefficient (Wildman–Crippen LogP) is 3.46.